The second-order valence-electron chi connectivity index (χ2n) is 6.88. The van der Waals surface area contributed by atoms with Crippen molar-refractivity contribution in [3.63, 3.8) is 0 Å². The second-order valence-corrected chi connectivity index (χ2v) is 6.88. The number of aromatic nitrogens is 2. The van der Waals surface area contributed by atoms with Crippen LogP contribution in [0.3, 0.4) is 0 Å². The van der Waals surface area contributed by atoms with Gasteiger partial charge in [-0.15, -0.1) is 0 Å². The van der Waals surface area contributed by atoms with E-state index in [9.17, 15) is 4.79 Å². The molecule has 0 spiro atoms. The Balaban J connectivity index is 1.56. The number of ether oxygens (including phenoxy) is 1. The van der Waals surface area contributed by atoms with E-state index in [2.05, 4.69) is 24.3 Å². The van der Waals surface area contributed by atoms with Crippen molar-refractivity contribution in [3.05, 3.63) is 72.6 Å². The summed E-state index contributed by atoms with van der Waals surface area (Å²) in [7, 11) is 0. The van der Waals surface area contributed by atoms with E-state index in [1.165, 1.54) is 0 Å². The van der Waals surface area contributed by atoms with E-state index in [1.807, 2.05) is 65.5 Å². The van der Waals surface area contributed by atoms with Gasteiger partial charge < -0.3 is 10.1 Å². The average Bonchev–Trinajstić information content (AvgIpc) is 3.15. The number of carbonyl (C=O) groups is 1. The number of nitrogens with zero attached hydrogens (tertiary/aromatic N) is 2. The van der Waals surface area contributed by atoms with Crippen LogP contribution < -0.4 is 10.1 Å². The summed E-state index contributed by atoms with van der Waals surface area (Å²) in [5.41, 5.74) is 2.74. The van der Waals surface area contributed by atoms with E-state index in [-0.39, 0.29) is 5.91 Å². The van der Waals surface area contributed by atoms with Crippen LogP contribution in [0, 0.1) is 5.92 Å². The molecule has 1 aromatic heterocycles. The molecule has 3 rings (SSSR count). The van der Waals surface area contributed by atoms with Crippen LogP contribution in [0.1, 0.15) is 25.8 Å². The van der Waals surface area contributed by atoms with Gasteiger partial charge in [0, 0.05) is 12.6 Å². The number of nitrogens with one attached hydrogen (secondary N) is 1. The molecule has 0 fully saturated rings. The summed E-state index contributed by atoms with van der Waals surface area (Å²) in [5, 5.41) is 7.32. The lowest BCUT2D eigenvalue weighted by molar-refractivity contribution is -0.116. The lowest BCUT2D eigenvalue weighted by Gasteiger charge is -2.13. The van der Waals surface area contributed by atoms with Crippen molar-refractivity contribution in [1.29, 1.82) is 0 Å². The summed E-state index contributed by atoms with van der Waals surface area (Å²) in [4.78, 5) is 12.4. The molecule has 0 aliphatic carbocycles. The molecule has 2 aromatic carbocycles. The second kappa shape index (κ2) is 9.03. The van der Waals surface area contributed by atoms with Crippen LogP contribution in [-0.2, 0) is 11.2 Å². The average molecular weight is 363 g/mol. The molecule has 0 saturated heterocycles. The zero-order valence-corrected chi connectivity index (χ0v) is 15.8. The molecule has 0 radical (unpaired) electrons. The van der Waals surface area contributed by atoms with Gasteiger partial charge in [0.05, 0.1) is 24.2 Å². The molecule has 1 heterocycles. The highest BCUT2D eigenvalue weighted by Gasteiger charge is 2.09. The molecule has 3 aromatic rings. The molecule has 1 amide bonds. The van der Waals surface area contributed by atoms with Gasteiger partial charge in [-0.25, -0.2) is 4.68 Å². The van der Waals surface area contributed by atoms with E-state index < -0.39 is 0 Å². The standard InChI is InChI=1S/C22H25N3O2/c1-17(2)16-27-21-11-7-6-10-20(21)24-22(26)13-12-18-14-23-25(15-18)19-8-4-3-5-9-19/h3-11,14-15,17H,12-13,16H2,1-2H3,(H,24,26). The predicted octanol–water partition coefficient (Wildman–Crippen LogP) is 4.48. The van der Waals surface area contributed by atoms with Crippen molar-refractivity contribution >= 4 is 11.6 Å². The maximum absolute atomic E-state index is 12.4. The Hall–Kier alpha value is -3.08. The normalized spacial score (nSPS) is 10.8. The lowest BCUT2D eigenvalue weighted by Crippen LogP contribution is -2.14. The summed E-state index contributed by atoms with van der Waals surface area (Å²) in [6, 6.07) is 17.5. The highest BCUT2D eigenvalue weighted by molar-refractivity contribution is 5.92. The number of anilines is 1. The third-order valence-corrected chi connectivity index (χ3v) is 4.03. The number of aryl methyl sites for hydroxylation is 1. The Morgan fingerprint density at radius 1 is 1.11 bits per heavy atom. The number of hydrogen-bond acceptors (Lipinski definition) is 3. The Kier molecular flexibility index (Phi) is 6.26. The van der Waals surface area contributed by atoms with Gasteiger partial charge in [0.1, 0.15) is 5.75 Å². The number of benzene rings is 2. The molecule has 0 unspecified atom stereocenters. The van der Waals surface area contributed by atoms with Crippen molar-refractivity contribution in [2.24, 2.45) is 5.92 Å². The molecule has 0 atom stereocenters. The fourth-order valence-electron chi connectivity index (χ4n) is 2.63. The number of hydrogen-bond donors (Lipinski definition) is 1. The summed E-state index contributed by atoms with van der Waals surface area (Å²) >= 11 is 0. The molecular weight excluding hydrogens is 338 g/mol. The zero-order chi connectivity index (χ0) is 19.1. The first-order valence-corrected chi connectivity index (χ1v) is 9.22. The SMILES string of the molecule is CC(C)COc1ccccc1NC(=O)CCc1cnn(-c2ccccc2)c1. The summed E-state index contributed by atoms with van der Waals surface area (Å²) in [6.07, 6.45) is 4.79. The van der Waals surface area contributed by atoms with Crippen LogP contribution >= 0.6 is 0 Å². The number of para-hydroxylation sites is 3. The van der Waals surface area contributed by atoms with Crippen LogP contribution in [0.5, 0.6) is 5.75 Å². The Morgan fingerprint density at radius 3 is 2.63 bits per heavy atom. The van der Waals surface area contributed by atoms with Crippen LogP contribution in [-0.4, -0.2) is 22.3 Å². The summed E-state index contributed by atoms with van der Waals surface area (Å²) in [5.74, 6) is 1.09. The monoisotopic (exact) mass is 363 g/mol. The van der Waals surface area contributed by atoms with Crippen molar-refractivity contribution < 1.29 is 9.53 Å². The smallest absolute Gasteiger partial charge is 0.224 e. The van der Waals surface area contributed by atoms with Gasteiger partial charge in [-0.3, -0.25) is 4.79 Å². The minimum absolute atomic E-state index is 0.0388. The van der Waals surface area contributed by atoms with Crippen LogP contribution in [0.2, 0.25) is 0 Å². The van der Waals surface area contributed by atoms with Gasteiger partial charge in [0.25, 0.3) is 0 Å². The van der Waals surface area contributed by atoms with E-state index >= 15 is 0 Å². The van der Waals surface area contributed by atoms with Gasteiger partial charge >= 0.3 is 0 Å². The Morgan fingerprint density at radius 2 is 1.85 bits per heavy atom. The topological polar surface area (TPSA) is 56.1 Å². The first-order valence-electron chi connectivity index (χ1n) is 9.22. The van der Waals surface area contributed by atoms with Gasteiger partial charge in [-0.2, -0.15) is 5.10 Å². The van der Waals surface area contributed by atoms with Crippen LogP contribution in [0.4, 0.5) is 5.69 Å². The fraction of sp³-hybridized carbons (Fsp3) is 0.273. The van der Waals surface area contributed by atoms with Gasteiger partial charge in [0.15, 0.2) is 0 Å². The van der Waals surface area contributed by atoms with Gasteiger partial charge in [-0.1, -0.05) is 44.2 Å². The molecule has 5 nitrogen and oxygen atoms in total. The fourth-order valence-corrected chi connectivity index (χ4v) is 2.63. The van der Waals surface area contributed by atoms with E-state index in [1.54, 1.807) is 6.20 Å². The van der Waals surface area contributed by atoms with Gasteiger partial charge in [-0.05, 0) is 42.2 Å². The summed E-state index contributed by atoms with van der Waals surface area (Å²) in [6.45, 7) is 4.80. The molecule has 0 saturated carbocycles. The summed E-state index contributed by atoms with van der Waals surface area (Å²) < 4.78 is 7.61. The highest BCUT2D eigenvalue weighted by Crippen LogP contribution is 2.24. The number of rotatable bonds is 8. The lowest BCUT2D eigenvalue weighted by atomic mass is 10.2. The Bertz CT molecular complexity index is 872. The first kappa shape index (κ1) is 18.7. The third kappa shape index (κ3) is 5.45. The highest BCUT2D eigenvalue weighted by atomic mass is 16.5. The number of carbonyl (C=O) groups excluding carboxylic acids is 1. The molecule has 1 N–H and O–H groups in total. The maximum atomic E-state index is 12.4. The number of amides is 1. The van der Waals surface area contributed by atoms with Crippen molar-refractivity contribution in [3.8, 4) is 11.4 Å². The molecule has 0 bridgehead atoms. The zero-order valence-electron chi connectivity index (χ0n) is 15.8. The van der Waals surface area contributed by atoms with E-state index in [4.69, 9.17) is 4.74 Å². The maximum Gasteiger partial charge on any atom is 0.224 e. The van der Waals surface area contributed by atoms with Crippen molar-refractivity contribution in [2.45, 2.75) is 26.7 Å². The molecular formula is C22H25N3O2. The van der Waals surface area contributed by atoms with E-state index in [0.717, 1.165) is 11.3 Å². The van der Waals surface area contributed by atoms with Crippen molar-refractivity contribution in [2.75, 3.05) is 11.9 Å². The Labute approximate surface area is 160 Å². The first-order chi connectivity index (χ1) is 13.1. The molecule has 5 heteroatoms. The van der Waals surface area contributed by atoms with Gasteiger partial charge in [0.2, 0.25) is 5.91 Å². The van der Waals surface area contributed by atoms with E-state index in [0.29, 0.717) is 36.8 Å². The third-order valence-electron chi connectivity index (χ3n) is 4.03. The molecule has 140 valence electrons. The minimum atomic E-state index is -0.0388. The minimum Gasteiger partial charge on any atom is -0.491 e. The van der Waals surface area contributed by atoms with Crippen LogP contribution in [0.25, 0.3) is 5.69 Å². The largest absolute Gasteiger partial charge is 0.491 e. The molecule has 27 heavy (non-hydrogen) atoms. The molecule has 0 aliphatic heterocycles. The quantitative estimate of drug-likeness (QED) is 0.642. The van der Waals surface area contributed by atoms with Crippen LogP contribution in [0.15, 0.2) is 67.0 Å². The molecule has 0 aliphatic rings. The predicted molar refractivity (Wildman–Crippen MR) is 107 cm³/mol. The van der Waals surface area contributed by atoms with Crippen molar-refractivity contribution in [1.82, 2.24) is 9.78 Å².